The minimum absolute atomic E-state index is 0.221. The number of nitrogens with zero attached hydrogens (tertiary/aromatic N) is 3. The number of rotatable bonds is 3. The molecule has 3 rings (SSSR count). The Morgan fingerprint density at radius 2 is 1.90 bits per heavy atom. The molecule has 21 heavy (non-hydrogen) atoms. The van der Waals surface area contributed by atoms with Crippen LogP contribution in [0.15, 0.2) is 54.9 Å². The van der Waals surface area contributed by atoms with Crippen molar-refractivity contribution in [3.05, 3.63) is 66.0 Å². The van der Waals surface area contributed by atoms with Gasteiger partial charge in [-0.2, -0.15) is 0 Å². The van der Waals surface area contributed by atoms with Gasteiger partial charge in [-0.3, -0.25) is 0 Å². The van der Waals surface area contributed by atoms with Gasteiger partial charge in [-0.25, -0.2) is 14.5 Å². The SMILES string of the molecule is Cc1ccc(-n2cnc(-c3cccc(C(=O)O)c3)n2)cc1. The van der Waals surface area contributed by atoms with E-state index in [9.17, 15) is 4.79 Å². The van der Waals surface area contributed by atoms with Crippen LogP contribution in [-0.4, -0.2) is 25.8 Å². The third-order valence-corrected chi connectivity index (χ3v) is 3.16. The van der Waals surface area contributed by atoms with Gasteiger partial charge < -0.3 is 5.11 Å². The fourth-order valence-electron chi connectivity index (χ4n) is 2.01. The van der Waals surface area contributed by atoms with Gasteiger partial charge in [-0.15, -0.1) is 5.10 Å². The maximum absolute atomic E-state index is 11.0. The highest BCUT2D eigenvalue weighted by atomic mass is 16.4. The molecule has 0 aliphatic heterocycles. The molecule has 3 aromatic rings. The van der Waals surface area contributed by atoms with Crippen molar-refractivity contribution in [2.75, 3.05) is 0 Å². The summed E-state index contributed by atoms with van der Waals surface area (Å²) in [7, 11) is 0. The molecule has 0 saturated carbocycles. The van der Waals surface area contributed by atoms with Crippen LogP contribution >= 0.6 is 0 Å². The molecule has 0 spiro atoms. The third kappa shape index (κ3) is 2.67. The summed E-state index contributed by atoms with van der Waals surface area (Å²) in [6, 6.07) is 14.5. The summed E-state index contributed by atoms with van der Waals surface area (Å²) in [5.41, 5.74) is 2.99. The van der Waals surface area contributed by atoms with E-state index >= 15 is 0 Å². The predicted molar refractivity (Wildman–Crippen MR) is 78.5 cm³/mol. The van der Waals surface area contributed by atoms with E-state index in [0.717, 1.165) is 5.69 Å². The quantitative estimate of drug-likeness (QED) is 0.800. The van der Waals surface area contributed by atoms with Gasteiger partial charge in [0.2, 0.25) is 0 Å². The van der Waals surface area contributed by atoms with Crippen LogP contribution in [0, 0.1) is 6.92 Å². The summed E-state index contributed by atoms with van der Waals surface area (Å²) >= 11 is 0. The van der Waals surface area contributed by atoms with Crippen molar-refractivity contribution in [1.29, 1.82) is 0 Å². The van der Waals surface area contributed by atoms with Crippen LogP contribution in [0.2, 0.25) is 0 Å². The Morgan fingerprint density at radius 3 is 2.62 bits per heavy atom. The van der Waals surface area contributed by atoms with Crippen molar-refractivity contribution in [3.8, 4) is 17.1 Å². The summed E-state index contributed by atoms with van der Waals surface area (Å²) < 4.78 is 1.67. The summed E-state index contributed by atoms with van der Waals surface area (Å²) in [4.78, 5) is 15.2. The summed E-state index contributed by atoms with van der Waals surface area (Å²) in [6.07, 6.45) is 1.62. The molecule has 0 bridgehead atoms. The second kappa shape index (κ2) is 5.20. The van der Waals surface area contributed by atoms with Crippen LogP contribution in [0.25, 0.3) is 17.1 Å². The smallest absolute Gasteiger partial charge is 0.335 e. The lowest BCUT2D eigenvalue weighted by Crippen LogP contribution is -1.97. The highest BCUT2D eigenvalue weighted by Crippen LogP contribution is 2.17. The Kier molecular flexibility index (Phi) is 3.23. The lowest BCUT2D eigenvalue weighted by atomic mass is 10.1. The molecule has 0 unspecified atom stereocenters. The topological polar surface area (TPSA) is 68.0 Å². The number of hydrogen-bond acceptors (Lipinski definition) is 3. The Morgan fingerprint density at radius 1 is 1.14 bits per heavy atom. The molecular weight excluding hydrogens is 266 g/mol. The molecule has 0 aliphatic rings. The van der Waals surface area contributed by atoms with Gasteiger partial charge in [0.15, 0.2) is 5.82 Å². The number of hydrogen-bond donors (Lipinski definition) is 1. The zero-order valence-corrected chi connectivity index (χ0v) is 11.4. The van der Waals surface area contributed by atoms with Crippen LogP contribution < -0.4 is 0 Å². The number of aromatic nitrogens is 3. The molecule has 0 amide bonds. The molecule has 1 N–H and O–H groups in total. The Bertz CT molecular complexity index is 791. The van der Waals surface area contributed by atoms with Crippen molar-refractivity contribution in [1.82, 2.24) is 14.8 Å². The minimum atomic E-state index is -0.963. The zero-order chi connectivity index (χ0) is 14.8. The van der Waals surface area contributed by atoms with Gasteiger partial charge in [0.25, 0.3) is 0 Å². The Hall–Kier alpha value is -2.95. The molecule has 0 aliphatic carbocycles. The first-order valence-corrected chi connectivity index (χ1v) is 6.46. The van der Waals surface area contributed by atoms with E-state index in [2.05, 4.69) is 10.1 Å². The maximum atomic E-state index is 11.0. The minimum Gasteiger partial charge on any atom is -0.478 e. The van der Waals surface area contributed by atoms with E-state index in [1.165, 1.54) is 5.56 Å². The largest absolute Gasteiger partial charge is 0.478 e. The molecule has 2 aromatic carbocycles. The fraction of sp³-hybridized carbons (Fsp3) is 0.0625. The summed E-state index contributed by atoms with van der Waals surface area (Å²) in [5, 5.41) is 13.4. The van der Waals surface area contributed by atoms with E-state index in [1.54, 1.807) is 35.3 Å². The second-order valence-electron chi connectivity index (χ2n) is 4.73. The van der Waals surface area contributed by atoms with Crippen LogP contribution in [-0.2, 0) is 0 Å². The first-order chi connectivity index (χ1) is 10.1. The first-order valence-electron chi connectivity index (χ1n) is 6.46. The Labute approximate surface area is 121 Å². The van der Waals surface area contributed by atoms with E-state index in [4.69, 9.17) is 5.11 Å². The number of aromatic carboxylic acids is 1. The average Bonchev–Trinajstić information content (AvgIpc) is 2.98. The fourth-order valence-corrected chi connectivity index (χ4v) is 2.01. The molecule has 1 heterocycles. The normalized spacial score (nSPS) is 10.5. The summed E-state index contributed by atoms with van der Waals surface area (Å²) in [6.45, 7) is 2.02. The average molecular weight is 279 g/mol. The van der Waals surface area contributed by atoms with Gasteiger partial charge in [-0.1, -0.05) is 29.8 Å². The lowest BCUT2D eigenvalue weighted by Gasteiger charge is -2.01. The van der Waals surface area contributed by atoms with Gasteiger partial charge in [0.05, 0.1) is 11.3 Å². The number of carboxylic acids is 1. The van der Waals surface area contributed by atoms with Gasteiger partial charge in [0, 0.05) is 5.56 Å². The standard InChI is InChI=1S/C16H13N3O2/c1-11-5-7-14(8-6-11)19-10-17-15(18-19)12-3-2-4-13(9-12)16(20)21/h2-10H,1H3,(H,20,21). The summed E-state index contributed by atoms with van der Waals surface area (Å²) in [5.74, 6) is -0.464. The molecule has 0 fully saturated rings. The number of carbonyl (C=O) groups is 1. The van der Waals surface area contributed by atoms with Crippen molar-refractivity contribution in [2.45, 2.75) is 6.92 Å². The van der Waals surface area contributed by atoms with Crippen molar-refractivity contribution in [3.63, 3.8) is 0 Å². The van der Waals surface area contributed by atoms with Gasteiger partial charge in [-0.05, 0) is 31.2 Å². The molecule has 0 radical (unpaired) electrons. The van der Waals surface area contributed by atoms with Crippen molar-refractivity contribution in [2.24, 2.45) is 0 Å². The van der Waals surface area contributed by atoms with E-state index in [-0.39, 0.29) is 5.56 Å². The Balaban J connectivity index is 1.96. The van der Waals surface area contributed by atoms with Crippen LogP contribution in [0.3, 0.4) is 0 Å². The number of benzene rings is 2. The van der Waals surface area contributed by atoms with Crippen LogP contribution in [0.4, 0.5) is 0 Å². The van der Waals surface area contributed by atoms with E-state index < -0.39 is 5.97 Å². The molecule has 5 heteroatoms. The second-order valence-corrected chi connectivity index (χ2v) is 4.73. The van der Waals surface area contributed by atoms with E-state index in [0.29, 0.717) is 11.4 Å². The monoisotopic (exact) mass is 279 g/mol. The van der Waals surface area contributed by atoms with E-state index in [1.807, 2.05) is 31.2 Å². The maximum Gasteiger partial charge on any atom is 0.335 e. The number of carboxylic acid groups (broad SMARTS) is 1. The van der Waals surface area contributed by atoms with Crippen molar-refractivity contribution < 1.29 is 9.90 Å². The van der Waals surface area contributed by atoms with Crippen molar-refractivity contribution >= 4 is 5.97 Å². The molecule has 5 nitrogen and oxygen atoms in total. The van der Waals surface area contributed by atoms with Crippen LogP contribution in [0.5, 0.6) is 0 Å². The highest BCUT2D eigenvalue weighted by molar-refractivity contribution is 5.89. The predicted octanol–water partition coefficient (Wildman–Crippen LogP) is 2.94. The lowest BCUT2D eigenvalue weighted by molar-refractivity contribution is 0.0697. The molecule has 1 aromatic heterocycles. The van der Waals surface area contributed by atoms with Gasteiger partial charge in [0.1, 0.15) is 6.33 Å². The van der Waals surface area contributed by atoms with Gasteiger partial charge >= 0.3 is 5.97 Å². The zero-order valence-electron chi connectivity index (χ0n) is 11.4. The highest BCUT2D eigenvalue weighted by Gasteiger charge is 2.09. The molecule has 0 saturated heterocycles. The first kappa shape index (κ1) is 13.1. The molecule has 104 valence electrons. The molecular formula is C16H13N3O2. The van der Waals surface area contributed by atoms with Crippen LogP contribution in [0.1, 0.15) is 15.9 Å². The number of aryl methyl sites for hydroxylation is 1. The molecule has 0 atom stereocenters. The third-order valence-electron chi connectivity index (χ3n) is 3.16.